The quantitative estimate of drug-likeness (QED) is 0.779. The predicted molar refractivity (Wildman–Crippen MR) is 63.2 cm³/mol. The summed E-state index contributed by atoms with van der Waals surface area (Å²) in [5.74, 6) is 0.670. The molecule has 2 aromatic rings. The Morgan fingerprint density at radius 2 is 2.47 bits per heavy atom. The summed E-state index contributed by atoms with van der Waals surface area (Å²) in [5, 5.41) is 9.39. The van der Waals surface area contributed by atoms with Crippen molar-refractivity contribution in [3.05, 3.63) is 22.9 Å². The maximum atomic E-state index is 11.2. The lowest BCUT2D eigenvalue weighted by Crippen LogP contribution is -2.22. The zero-order valence-corrected chi connectivity index (χ0v) is 9.80. The number of hydrogen-bond donors (Lipinski definition) is 2. The minimum atomic E-state index is -0.290. The number of ether oxygens (including phenoxy) is 1. The van der Waals surface area contributed by atoms with Crippen LogP contribution in [0.1, 0.15) is 13.8 Å². The highest BCUT2D eigenvalue weighted by atomic mass is 16.5. The van der Waals surface area contributed by atoms with Crippen LogP contribution in [0.2, 0.25) is 0 Å². The van der Waals surface area contributed by atoms with Crippen molar-refractivity contribution in [2.75, 3.05) is 18.5 Å². The first-order valence-corrected chi connectivity index (χ1v) is 5.47. The van der Waals surface area contributed by atoms with Gasteiger partial charge in [0.2, 0.25) is 0 Å². The normalized spacial score (nSPS) is 12.8. The summed E-state index contributed by atoms with van der Waals surface area (Å²) in [6.07, 6.45) is 1.44. The van der Waals surface area contributed by atoms with Gasteiger partial charge in [-0.3, -0.25) is 0 Å². The van der Waals surface area contributed by atoms with Gasteiger partial charge >= 0.3 is 5.69 Å². The SMILES string of the molecule is CCOCC(C)Nc1cc2n[nH]c(=O)n2cn1. The molecule has 7 nitrogen and oxygen atoms in total. The fourth-order valence-corrected chi connectivity index (χ4v) is 1.48. The summed E-state index contributed by atoms with van der Waals surface area (Å²) in [6.45, 7) is 5.25. The smallest absolute Gasteiger partial charge is 0.348 e. The van der Waals surface area contributed by atoms with Crippen LogP contribution in [-0.4, -0.2) is 38.8 Å². The average molecular weight is 237 g/mol. The van der Waals surface area contributed by atoms with Gasteiger partial charge in [0.25, 0.3) is 0 Å². The van der Waals surface area contributed by atoms with Crippen LogP contribution in [0.15, 0.2) is 17.2 Å². The number of H-pyrrole nitrogens is 1. The number of nitrogens with one attached hydrogen (secondary N) is 2. The molecule has 0 aromatic carbocycles. The molecule has 1 unspecified atom stereocenters. The molecule has 2 rings (SSSR count). The molecule has 0 bridgehead atoms. The number of aromatic amines is 1. The van der Waals surface area contributed by atoms with Crippen LogP contribution in [0.25, 0.3) is 5.65 Å². The lowest BCUT2D eigenvalue weighted by atomic mass is 10.3. The Morgan fingerprint density at radius 1 is 1.65 bits per heavy atom. The van der Waals surface area contributed by atoms with E-state index in [0.29, 0.717) is 24.7 Å². The number of nitrogens with zero attached hydrogens (tertiary/aromatic N) is 3. The fraction of sp³-hybridized carbons (Fsp3) is 0.500. The summed E-state index contributed by atoms with van der Waals surface area (Å²) in [5.41, 5.74) is 0.248. The third-order valence-electron chi connectivity index (χ3n) is 2.28. The largest absolute Gasteiger partial charge is 0.380 e. The van der Waals surface area contributed by atoms with Crippen LogP contribution in [0.3, 0.4) is 0 Å². The van der Waals surface area contributed by atoms with Crippen molar-refractivity contribution in [1.82, 2.24) is 19.6 Å². The molecular formula is C10H15N5O2. The molecule has 17 heavy (non-hydrogen) atoms. The zero-order chi connectivity index (χ0) is 12.3. The maximum absolute atomic E-state index is 11.2. The molecule has 7 heteroatoms. The zero-order valence-electron chi connectivity index (χ0n) is 9.80. The van der Waals surface area contributed by atoms with Crippen molar-refractivity contribution in [2.45, 2.75) is 19.9 Å². The molecule has 1 atom stereocenters. The van der Waals surface area contributed by atoms with Gasteiger partial charge in [0.05, 0.1) is 6.61 Å². The summed E-state index contributed by atoms with van der Waals surface area (Å²) < 4.78 is 6.64. The molecule has 0 amide bonds. The van der Waals surface area contributed by atoms with Crippen molar-refractivity contribution in [2.24, 2.45) is 0 Å². The summed E-state index contributed by atoms with van der Waals surface area (Å²) in [6, 6.07) is 1.86. The van der Waals surface area contributed by atoms with Crippen molar-refractivity contribution in [1.29, 1.82) is 0 Å². The minimum Gasteiger partial charge on any atom is -0.380 e. The Morgan fingerprint density at radius 3 is 3.24 bits per heavy atom. The third kappa shape index (κ3) is 2.62. The first-order valence-electron chi connectivity index (χ1n) is 5.47. The highest BCUT2D eigenvalue weighted by Gasteiger charge is 2.05. The topological polar surface area (TPSA) is 84.3 Å². The van der Waals surface area contributed by atoms with Gasteiger partial charge in [-0.2, -0.15) is 5.10 Å². The molecule has 0 aliphatic heterocycles. The van der Waals surface area contributed by atoms with Gasteiger partial charge in [0.1, 0.15) is 12.1 Å². The number of rotatable bonds is 5. The Bertz CT molecular complexity index is 547. The molecule has 2 N–H and O–H groups in total. The lowest BCUT2D eigenvalue weighted by molar-refractivity contribution is 0.141. The van der Waals surface area contributed by atoms with E-state index in [4.69, 9.17) is 4.74 Å². The lowest BCUT2D eigenvalue weighted by Gasteiger charge is -2.13. The molecule has 0 aliphatic rings. The van der Waals surface area contributed by atoms with E-state index in [-0.39, 0.29) is 11.7 Å². The second-order valence-corrected chi connectivity index (χ2v) is 3.74. The highest BCUT2D eigenvalue weighted by Crippen LogP contribution is 2.06. The molecule has 2 heterocycles. The van der Waals surface area contributed by atoms with Crippen LogP contribution in [0.5, 0.6) is 0 Å². The number of hydrogen-bond acceptors (Lipinski definition) is 5. The minimum absolute atomic E-state index is 0.149. The monoisotopic (exact) mass is 237 g/mol. The first kappa shape index (κ1) is 11.6. The van der Waals surface area contributed by atoms with Gasteiger partial charge in [-0.15, -0.1) is 0 Å². The van der Waals surface area contributed by atoms with Crippen LogP contribution < -0.4 is 11.0 Å². The number of fused-ring (bicyclic) bond motifs is 1. The van der Waals surface area contributed by atoms with Crippen LogP contribution in [0, 0.1) is 0 Å². The molecule has 0 fully saturated rings. The molecule has 92 valence electrons. The standard InChI is InChI=1S/C10H15N5O2/c1-3-17-5-7(2)12-8-4-9-13-14-10(16)15(9)6-11-8/h4,6-7,12H,3,5H2,1-2H3,(H,14,16). The molecular weight excluding hydrogens is 222 g/mol. The Hall–Kier alpha value is -1.89. The van der Waals surface area contributed by atoms with Gasteiger partial charge < -0.3 is 10.1 Å². The van der Waals surface area contributed by atoms with E-state index in [0.717, 1.165) is 0 Å². The van der Waals surface area contributed by atoms with Gasteiger partial charge in [-0.05, 0) is 13.8 Å². The van der Waals surface area contributed by atoms with Crippen LogP contribution >= 0.6 is 0 Å². The summed E-state index contributed by atoms with van der Waals surface area (Å²) in [4.78, 5) is 15.3. The molecule has 0 saturated carbocycles. The Labute approximate surface area is 97.8 Å². The van der Waals surface area contributed by atoms with Gasteiger partial charge in [0, 0.05) is 18.7 Å². The van der Waals surface area contributed by atoms with Gasteiger partial charge in [-0.1, -0.05) is 0 Å². The van der Waals surface area contributed by atoms with Crippen molar-refractivity contribution >= 4 is 11.5 Å². The van der Waals surface area contributed by atoms with E-state index in [2.05, 4.69) is 20.5 Å². The first-order chi connectivity index (χ1) is 8.20. The van der Waals surface area contributed by atoms with Crippen LogP contribution in [-0.2, 0) is 4.74 Å². The summed E-state index contributed by atoms with van der Waals surface area (Å²) in [7, 11) is 0. The average Bonchev–Trinajstić information content (AvgIpc) is 2.68. The molecule has 2 aromatic heterocycles. The predicted octanol–water partition coefficient (Wildman–Crippen LogP) is 0.254. The summed E-state index contributed by atoms with van der Waals surface area (Å²) >= 11 is 0. The van der Waals surface area contributed by atoms with Crippen molar-refractivity contribution in [3.8, 4) is 0 Å². The third-order valence-corrected chi connectivity index (χ3v) is 2.28. The van der Waals surface area contributed by atoms with Gasteiger partial charge in [-0.25, -0.2) is 19.3 Å². The van der Waals surface area contributed by atoms with Gasteiger partial charge in [0.15, 0.2) is 5.65 Å². The molecule has 0 radical (unpaired) electrons. The number of aromatic nitrogens is 4. The van der Waals surface area contributed by atoms with Crippen molar-refractivity contribution < 1.29 is 4.74 Å². The molecule has 0 saturated heterocycles. The van der Waals surface area contributed by atoms with E-state index in [1.54, 1.807) is 6.07 Å². The van der Waals surface area contributed by atoms with E-state index in [9.17, 15) is 4.79 Å². The Kier molecular flexibility index (Phi) is 3.38. The van der Waals surface area contributed by atoms with E-state index in [1.165, 1.54) is 10.7 Å². The fourth-order valence-electron chi connectivity index (χ4n) is 1.48. The highest BCUT2D eigenvalue weighted by molar-refractivity contribution is 5.48. The second-order valence-electron chi connectivity index (χ2n) is 3.74. The van der Waals surface area contributed by atoms with E-state index < -0.39 is 0 Å². The van der Waals surface area contributed by atoms with Crippen molar-refractivity contribution in [3.63, 3.8) is 0 Å². The second kappa shape index (κ2) is 4.96. The Balaban J connectivity index is 2.11. The van der Waals surface area contributed by atoms with Crippen LogP contribution in [0.4, 0.5) is 5.82 Å². The number of anilines is 1. The molecule has 0 aliphatic carbocycles. The van der Waals surface area contributed by atoms with E-state index in [1.807, 2.05) is 13.8 Å². The maximum Gasteiger partial charge on any atom is 0.348 e. The molecule has 0 spiro atoms. The van der Waals surface area contributed by atoms with E-state index >= 15 is 0 Å².